The third-order valence-corrected chi connectivity index (χ3v) is 4.68. The summed E-state index contributed by atoms with van der Waals surface area (Å²) < 4.78 is 7.29. The third kappa shape index (κ3) is 3.03. The van der Waals surface area contributed by atoms with Gasteiger partial charge in [-0.15, -0.1) is 0 Å². The lowest BCUT2D eigenvalue weighted by molar-refractivity contribution is -0.136. The molecule has 3 rings (SSSR count). The van der Waals surface area contributed by atoms with Crippen LogP contribution in [-0.2, 0) is 21.5 Å². The topological polar surface area (TPSA) is 31.2 Å². The summed E-state index contributed by atoms with van der Waals surface area (Å²) in [5.74, 6) is -0.223. The number of benzene rings is 1. The van der Waals surface area contributed by atoms with Gasteiger partial charge in [-0.05, 0) is 41.5 Å². The molecular formula is C21H25NO2. The minimum absolute atomic E-state index is 0.113. The fourth-order valence-corrected chi connectivity index (χ4v) is 3.33. The van der Waals surface area contributed by atoms with E-state index >= 15 is 0 Å². The van der Waals surface area contributed by atoms with Gasteiger partial charge in [-0.1, -0.05) is 45.0 Å². The van der Waals surface area contributed by atoms with Crippen molar-refractivity contribution in [1.29, 1.82) is 0 Å². The van der Waals surface area contributed by atoms with Crippen molar-refractivity contribution in [3.05, 3.63) is 65.0 Å². The molecule has 3 heteroatoms. The lowest BCUT2D eigenvalue weighted by Crippen LogP contribution is -2.11. The SMILES string of the molecule is COC(=O)C1=C(c2ccc(C(C)(C)C)cc2)c2cccn2CCC1. The van der Waals surface area contributed by atoms with Crippen molar-refractivity contribution in [1.82, 2.24) is 4.57 Å². The van der Waals surface area contributed by atoms with Gasteiger partial charge in [-0.3, -0.25) is 0 Å². The highest BCUT2D eigenvalue weighted by Crippen LogP contribution is 2.34. The number of fused-ring (bicyclic) bond motifs is 1. The smallest absolute Gasteiger partial charge is 0.334 e. The molecule has 0 unspecified atom stereocenters. The van der Waals surface area contributed by atoms with Crippen molar-refractivity contribution in [2.45, 2.75) is 45.6 Å². The van der Waals surface area contributed by atoms with Crippen LogP contribution in [0, 0.1) is 0 Å². The summed E-state index contributed by atoms with van der Waals surface area (Å²) in [7, 11) is 1.46. The summed E-state index contributed by atoms with van der Waals surface area (Å²) in [6, 6.07) is 12.7. The van der Waals surface area contributed by atoms with Gasteiger partial charge in [0.25, 0.3) is 0 Å². The number of hydrogen-bond acceptors (Lipinski definition) is 2. The summed E-state index contributed by atoms with van der Waals surface area (Å²) in [6.45, 7) is 7.54. The molecule has 1 aliphatic rings. The maximum absolute atomic E-state index is 12.4. The second kappa shape index (κ2) is 6.31. The molecule has 126 valence electrons. The van der Waals surface area contributed by atoms with Crippen LogP contribution < -0.4 is 0 Å². The Morgan fingerprint density at radius 3 is 2.46 bits per heavy atom. The lowest BCUT2D eigenvalue weighted by Gasteiger charge is -2.20. The number of carbonyl (C=O) groups is 1. The van der Waals surface area contributed by atoms with Gasteiger partial charge in [0.1, 0.15) is 0 Å². The second-order valence-corrected chi connectivity index (χ2v) is 7.36. The van der Waals surface area contributed by atoms with E-state index in [-0.39, 0.29) is 11.4 Å². The van der Waals surface area contributed by atoms with Gasteiger partial charge in [0.2, 0.25) is 0 Å². The van der Waals surface area contributed by atoms with Crippen LogP contribution >= 0.6 is 0 Å². The highest BCUT2D eigenvalue weighted by molar-refractivity contribution is 6.01. The van der Waals surface area contributed by atoms with Crippen LogP contribution in [0.2, 0.25) is 0 Å². The van der Waals surface area contributed by atoms with Crippen LogP contribution in [0.4, 0.5) is 0 Å². The average molecular weight is 323 g/mol. The molecule has 0 N–H and O–H groups in total. The Bertz CT molecular complexity index is 773. The van der Waals surface area contributed by atoms with Gasteiger partial charge in [0, 0.05) is 29.6 Å². The first kappa shape index (κ1) is 16.6. The highest BCUT2D eigenvalue weighted by Gasteiger charge is 2.24. The van der Waals surface area contributed by atoms with Crippen molar-refractivity contribution in [3.63, 3.8) is 0 Å². The predicted molar refractivity (Wildman–Crippen MR) is 96.8 cm³/mol. The summed E-state index contributed by atoms with van der Waals surface area (Å²) in [5.41, 5.74) is 5.35. The van der Waals surface area contributed by atoms with Crippen molar-refractivity contribution in [2.24, 2.45) is 0 Å². The van der Waals surface area contributed by atoms with Crippen molar-refractivity contribution >= 4 is 11.5 Å². The molecule has 0 saturated carbocycles. The number of aryl methyl sites for hydroxylation is 1. The number of esters is 1. The minimum Gasteiger partial charge on any atom is -0.466 e. The van der Waals surface area contributed by atoms with Crippen LogP contribution in [0.15, 0.2) is 48.2 Å². The molecular weight excluding hydrogens is 298 g/mol. The summed E-state index contributed by atoms with van der Waals surface area (Å²) in [6.07, 6.45) is 3.76. The van der Waals surface area contributed by atoms with Crippen LogP contribution in [0.5, 0.6) is 0 Å². The molecule has 1 aliphatic heterocycles. The maximum atomic E-state index is 12.4. The van der Waals surface area contributed by atoms with Gasteiger partial charge >= 0.3 is 5.97 Å². The van der Waals surface area contributed by atoms with Crippen molar-refractivity contribution in [3.8, 4) is 0 Å². The zero-order valence-electron chi connectivity index (χ0n) is 14.9. The van der Waals surface area contributed by atoms with E-state index in [0.29, 0.717) is 0 Å². The fourth-order valence-electron chi connectivity index (χ4n) is 3.33. The second-order valence-electron chi connectivity index (χ2n) is 7.36. The molecule has 0 amide bonds. The average Bonchev–Trinajstić information content (AvgIpc) is 2.93. The van der Waals surface area contributed by atoms with E-state index in [0.717, 1.165) is 41.8 Å². The zero-order chi connectivity index (χ0) is 17.3. The first-order valence-corrected chi connectivity index (χ1v) is 8.49. The number of carbonyl (C=O) groups excluding carboxylic acids is 1. The number of aromatic nitrogens is 1. The van der Waals surface area contributed by atoms with Crippen LogP contribution in [0.3, 0.4) is 0 Å². The number of nitrogens with zero attached hydrogens (tertiary/aromatic N) is 1. The molecule has 0 spiro atoms. The summed E-state index contributed by atoms with van der Waals surface area (Å²) in [5, 5.41) is 0. The normalized spacial score (nSPS) is 15.0. The molecule has 0 fully saturated rings. The largest absolute Gasteiger partial charge is 0.466 e. The maximum Gasteiger partial charge on any atom is 0.334 e. The molecule has 0 saturated heterocycles. The molecule has 0 atom stereocenters. The Kier molecular flexibility index (Phi) is 4.35. The Hall–Kier alpha value is -2.29. The Labute approximate surface area is 144 Å². The first-order chi connectivity index (χ1) is 11.4. The molecule has 24 heavy (non-hydrogen) atoms. The number of hydrogen-bond donors (Lipinski definition) is 0. The molecule has 0 radical (unpaired) electrons. The Balaban J connectivity index is 2.16. The molecule has 1 aromatic heterocycles. The van der Waals surface area contributed by atoms with Crippen molar-refractivity contribution < 1.29 is 9.53 Å². The van der Waals surface area contributed by atoms with E-state index in [4.69, 9.17) is 4.74 Å². The molecule has 3 nitrogen and oxygen atoms in total. The third-order valence-electron chi connectivity index (χ3n) is 4.68. The predicted octanol–water partition coefficient (Wildman–Crippen LogP) is 4.55. The fraction of sp³-hybridized carbons (Fsp3) is 0.381. The van der Waals surface area contributed by atoms with Gasteiger partial charge in [0.15, 0.2) is 0 Å². The first-order valence-electron chi connectivity index (χ1n) is 8.49. The van der Waals surface area contributed by atoms with E-state index < -0.39 is 0 Å². The molecule has 1 aromatic carbocycles. The van der Waals surface area contributed by atoms with Crippen LogP contribution in [-0.4, -0.2) is 17.6 Å². The molecule has 2 aromatic rings. The number of ether oxygens (including phenoxy) is 1. The van der Waals surface area contributed by atoms with Gasteiger partial charge in [-0.2, -0.15) is 0 Å². The standard InChI is InChI=1S/C21H25NO2/c1-21(2,3)16-11-9-15(10-12-16)19-17(20(23)24-4)7-5-13-22-14-6-8-18(19)22/h6,8-12,14H,5,7,13H2,1-4H3. The highest BCUT2D eigenvalue weighted by atomic mass is 16.5. The lowest BCUT2D eigenvalue weighted by atomic mass is 9.85. The van der Waals surface area contributed by atoms with Gasteiger partial charge in [-0.25, -0.2) is 4.79 Å². The Morgan fingerprint density at radius 2 is 1.83 bits per heavy atom. The summed E-state index contributed by atoms with van der Waals surface area (Å²) >= 11 is 0. The van der Waals surface area contributed by atoms with Crippen LogP contribution in [0.1, 0.15) is 50.4 Å². The summed E-state index contributed by atoms with van der Waals surface area (Å²) in [4.78, 5) is 12.4. The monoisotopic (exact) mass is 323 g/mol. The van der Waals surface area contributed by atoms with Crippen molar-refractivity contribution in [2.75, 3.05) is 7.11 Å². The molecule has 0 aliphatic carbocycles. The number of rotatable bonds is 2. The van der Waals surface area contributed by atoms with E-state index in [9.17, 15) is 4.79 Å². The quantitative estimate of drug-likeness (QED) is 0.759. The van der Waals surface area contributed by atoms with E-state index in [2.05, 4.69) is 61.9 Å². The van der Waals surface area contributed by atoms with Gasteiger partial charge < -0.3 is 9.30 Å². The van der Waals surface area contributed by atoms with E-state index in [1.807, 2.05) is 6.07 Å². The number of methoxy groups -OCH3 is 1. The van der Waals surface area contributed by atoms with E-state index in [1.54, 1.807) is 0 Å². The zero-order valence-corrected chi connectivity index (χ0v) is 14.9. The van der Waals surface area contributed by atoms with Gasteiger partial charge in [0.05, 0.1) is 7.11 Å². The minimum atomic E-state index is -0.223. The molecule has 0 bridgehead atoms. The van der Waals surface area contributed by atoms with Crippen LogP contribution in [0.25, 0.3) is 5.57 Å². The van der Waals surface area contributed by atoms with E-state index in [1.165, 1.54) is 12.7 Å². The Morgan fingerprint density at radius 1 is 1.12 bits per heavy atom. The molecule has 2 heterocycles.